The summed E-state index contributed by atoms with van der Waals surface area (Å²) in [6.07, 6.45) is 1.98. The standard InChI is InChI=1S/C9H18N2OS/c1-7-6-10-4-5-11(7)9(12)8(2)13-3/h7-8,10H,4-6H2,1-3H3/t7-,8?/m0/s1. The van der Waals surface area contributed by atoms with Crippen LogP contribution in [0.4, 0.5) is 0 Å². The number of carbonyl (C=O) groups is 1. The summed E-state index contributed by atoms with van der Waals surface area (Å²) in [6.45, 7) is 6.77. The first-order chi connectivity index (χ1) is 6.16. The molecule has 0 saturated carbocycles. The Morgan fingerprint density at radius 1 is 1.69 bits per heavy atom. The van der Waals surface area contributed by atoms with Crippen LogP contribution < -0.4 is 5.32 Å². The smallest absolute Gasteiger partial charge is 0.235 e. The van der Waals surface area contributed by atoms with E-state index in [-0.39, 0.29) is 11.2 Å². The molecule has 3 nitrogen and oxygen atoms in total. The number of rotatable bonds is 2. The highest BCUT2D eigenvalue weighted by Gasteiger charge is 2.25. The third-order valence-corrected chi connectivity index (χ3v) is 3.39. The molecule has 1 N–H and O–H groups in total. The molecule has 1 fully saturated rings. The van der Waals surface area contributed by atoms with Gasteiger partial charge < -0.3 is 10.2 Å². The first kappa shape index (κ1) is 10.9. The maximum absolute atomic E-state index is 11.8. The fourth-order valence-corrected chi connectivity index (χ4v) is 1.84. The van der Waals surface area contributed by atoms with E-state index < -0.39 is 0 Å². The molecular weight excluding hydrogens is 184 g/mol. The van der Waals surface area contributed by atoms with E-state index in [1.54, 1.807) is 11.8 Å². The first-order valence-corrected chi connectivity index (χ1v) is 5.99. The zero-order valence-electron chi connectivity index (χ0n) is 8.54. The lowest BCUT2D eigenvalue weighted by Crippen LogP contribution is -2.54. The first-order valence-electron chi connectivity index (χ1n) is 4.70. The third kappa shape index (κ3) is 2.61. The van der Waals surface area contributed by atoms with Crippen LogP contribution in [0.15, 0.2) is 0 Å². The van der Waals surface area contributed by atoms with Crippen molar-refractivity contribution in [3.63, 3.8) is 0 Å². The van der Waals surface area contributed by atoms with E-state index in [1.165, 1.54) is 0 Å². The predicted molar refractivity (Wildman–Crippen MR) is 57.0 cm³/mol. The van der Waals surface area contributed by atoms with E-state index >= 15 is 0 Å². The molecule has 0 bridgehead atoms. The molecule has 1 rings (SSSR count). The molecule has 0 spiro atoms. The summed E-state index contributed by atoms with van der Waals surface area (Å²) in [4.78, 5) is 13.8. The number of carbonyl (C=O) groups excluding carboxylic acids is 1. The summed E-state index contributed by atoms with van der Waals surface area (Å²) >= 11 is 1.62. The third-order valence-electron chi connectivity index (χ3n) is 2.49. The van der Waals surface area contributed by atoms with Crippen LogP contribution >= 0.6 is 11.8 Å². The average Bonchev–Trinajstić information content (AvgIpc) is 2.16. The van der Waals surface area contributed by atoms with E-state index in [2.05, 4.69) is 12.2 Å². The van der Waals surface area contributed by atoms with Crippen LogP contribution in [0.25, 0.3) is 0 Å². The lowest BCUT2D eigenvalue weighted by Gasteiger charge is -2.35. The van der Waals surface area contributed by atoms with Crippen LogP contribution in [-0.2, 0) is 4.79 Å². The molecule has 1 aliphatic heterocycles. The number of hydrogen-bond donors (Lipinski definition) is 1. The number of amides is 1. The Hall–Kier alpha value is -0.220. The molecular formula is C9H18N2OS. The molecule has 0 aromatic heterocycles. The van der Waals surface area contributed by atoms with Crippen molar-refractivity contribution < 1.29 is 4.79 Å². The summed E-state index contributed by atoms with van der Waals surface area (Å²) in [7, 11) is 0. The monoisotopic (exact) mass is 202 g/mol. The topological polar surface area (TPSA) is 32.3 Å². The van der Waals surface area contributed by atoms with Gasteiger partial charge >= 0.3 is 0 Å². The van der Waals surface area contributed by atoms with Gasteiger partial charge in [-0.15, -0.1) is 0 Å². The zero-order valence-corrected chi connectivity index (χ0v) is 9.36. The maximum Gasteiger partial charge on any atom is 0.235 e. The second-order valence-electron chi connectivity index (χ2n) is 3.46. The Morgan fingerprint density at radius 2 is 2.38 bits per heavy atom. The van der Waals surface area contributed by atoms with Crippen molar-refractivity contribution in [2.45, 2.75) is 25.1 Å². The number of piperazine rings is 1. The van der Waals surface area contributed by atoms with E-state index in [1.807, 2.05) is 18.1 Å². The van der Waals surface area contributed by atoms with E-state index in [9.17, 15) is 4.79 Å². The molecule has 0 radical (unpaired) electrons. The Labute approximate surface area is 84.2 Å². The van der Waals surface area contributed by atoms with Gasteiger partial charge in [-0.3, -0.25) is 4.79 Å². The van der Waals surface area contributed by atoms with Crippen molar-refractivity contribution in [1.29, 1.82) is 0 Å². The summed E-state index contributed by atoms with van der Waals surface area (Å²) in [6, 6.07) is 0.343. The van der Waals surface area contributed by atoms with E-state index in [0.29, 0.717) is 6.04 Å². The lowest BCUT2D eigenvalue weighted by atomic mass is 10.2. The molecule has 1 amide bonds. The van der Waals surface area contributed by atoms with Crippen molar-refractivity contribution >= 4 is 17.7 Å². The lowest BCUT2D eigenvalue weighted by molar-refractivity contribution is -0.133. The van der Waals surface area contributed by atoms with Gasteiger partial charge in [0.15, 0.2) is 0 Å². The van der Waals surface area contributed by atoms with Gasteiger partial charge in [0.2, 0.25) is 5.91 Å². The van der Waals surface area contributed by atoms with Crippen LogP contribution in [-0.4, -0.2) is 48.0 Å². The largest absolute Gasteiger partial charge is 0.336 e. The fraction of sp³-hybridized carbons (Fsp3) is 0.889. The van der Waals surface area contributed by atoms with Crippen molar-refractivity contribution in [2.24, 2.45) is 0 Å². The van der Waals surface area contributed by atoms with Crippen molar-refractivity contribution in [2.75, 3.05) is 25.9 Å². The highest BCUT2D eigenvalue weighted by atomic mass is 32.2. The predicted octanol–water partition coefficient (Wildman–Crippen LogP) is 0.558. The molecule has 0 aliphatic carbocycles. The van der Waals surface area contributed by atoms with Crippen LogP contribution in [0, 0.1) is 0 Å². The normalized spacial score (nSPS) is 25.8. The van der Waals surface area contributed by atoms with Gasteiger partial charge in [-0.2, -0.15) is 11.8 Å². The maximum atomic E-state index is 11.8. The molecule has 0 aromatic rings. The second-order valence-corrected chi connectivity index (χ2v) is 4.64. The molecule has 1 saturated heterocycles. The minimum absolute atomic E-state index is 0.0977. The van der Waals surface area contributed by atoms with Gasteiger partial charge in [0.1, 0.15) is 0 Å². The van der Waals surface area contributed by atoms with Crippen LogP contribution in [0.2, 0.25) is 0 Å². The number of nitrogens with one attached hydrogen (secondary N) is 1. The molecule has 2 atom stereocenters. The molecule has 1 heterocycles. The van der Waals surface area contributed by atoms with Gasteiger partial charge in [0, 0.05) is 25.7 Å². The minimum Gasteiger partial charge on any atom is -0.336 e. The number of thioether (sulfide) groups is 1. The Morgan fingerprint density at radius 3 is 2.92 bits per heavy atom. The van der Waals surface area contributed by atoms with Gasteiger partial charge in [0.05, 0.1) is 5.25 Å². The molecule has 1 unspecified atom stereocenters. The Balaban J connectivity index is 2.53. The summed E-state index contributed by atoms with van der Waals surface area (Å²) in [5, 5.41) is 3.37. The Kier molecular flexibility index (Phi) is 4.06. The van der Waals surface area contributed by atoms with Gasteiger partial charge in [-0.25, -0.2) is 0 Å². The number of nitrogens with zero attached hydrogens (tertiary/aromatic N) is 1. The van der Waals surface area contributed by atoms with Crippen LogP contribution in [0.1, 0.15) is 13.8 Å². The van der Waals surface area contributed by atoms with Crippen molar-refractivity contribution in [3.05, 3.63) is 0 Å². The van der Waals surface area contributed by atoms with Crippen LogP contribution in [0.3, 0.4) is 0 Å². The Bertz CT molecular complexity index is 186. The minimum atomic E-state index is 0.0977. The molecule has 4 heteroatoms. The van der Waals surface area contributed by atoms with E-state index in [4.69, 9.17) is 0 Å². The van der Waals surface area contributed by atoms with Crippen molar-refractivity contribution in [1.82, 2.24) is 10.2 Å². The van der Waals surface area contributed by atoms with E-state index in [0.717, 1.165) is 19.6 Å². The highest BCUT2D eigenvalue weighted by Crippen LogP contribution is 2.12. The fourth-order valence-electron chi connectivity index (χ4n) is 1.50. The molecule has 1 aliphatic rings. The quantitative estimate of drug-likeness (QED) is 0.710. The average molecular weight is 202 g/mol. The SMILES string of the molecule is CSC(C)C(=O)N1CCNC[C@@H]1C. The highest BCUT2D eigenvalue weighted by molar-refractivity contribution is 7.99. The summed E-state index contributed by atoms with van der Waals surface area (Å²) < 4.78 is 0. The van der Waals surface area contributed by atoms with Crippen LogP contribution in [0.5, 0.6) is 0 Å². The second kappa shape index (κ2) is 4.86. The van der Waals surface area contributed by atoms with Gasteiger partial charge in [0.25, 0.3) is 0 Å². The van der Waals surface area contributed by atoms with Gasteiger partial charge in [-0.1, -0.05) is 0 Å². The summed E-state index contributed by atoms with van der Waals surface area (Å²) in [5.74, 6) is 0.279. The number of hydrogen-bond acceptors (Lipinski definition) is 3. The molecule has 0 aromatic carbocycles. The summed E-state index contributed by atoms with van der Waals surface area (Å²) in [5.41, 5.74) is 0. The zero-order chi connectivity index (χ0) is 9.84. The van der Waals surface area contributed by atoms with Crippen molar-refractivity contribution in [3.8, 4) is 0 Å². The molecule has 76 valence electrons. The molecule has 13 heavy (non-hydrogen) atoms. The van der Waals surface area contributed by atoms with Gasteiger partial charge in [-0.05, 0) is 20.1 Å².